The van der Waals surface area contributed by atoms with E-state index in [1.807, 2.05) is 30.3 Å². The van der Waals surface area contributed by atoms with E-state index in [1.54, 1.807) is 17.2 Å². The lowest BCUT2D eigenvalue weighted by atomic mass is 10.1. The van der Waals surface area contributed by atoms with E-state index in [2.05, 4.69) is 15.4 Å². The first-order chi connectivity index (χ1) is 10.8. The van der Waals surface area contributed by atoms with Gasteiger partial charge in [0.05, 0.1) is 6.20 Å². The summed E-state index contributed by atoms with van der Waals surface area (Å²) in [7, 11) is 0. The monoisotopic (exact) mass is 294 g/mol. The third kappa shape index (κ3) is 2.18. The average Bonchev–Trinajstić information content (AvgIpc) is 3.23. The van der Waals surface area contributed by atoms with Gasteiger partial charge in [0.2, 0.25) is 5.76 Å². The van der Waals surface area contributed by atoms with E-state index in [0.717, 1.165) is 23.2 Å². The van der Waals surface area contributed by atoms with Gasteiger partial charge < -0.3 is 9.42 Å². The van der Waals surface area contributed by atoms with Gasteiger partial charge in [0, 0.05) is 42.4 Å². The van der Waals surface area contributed by atoms with Crippen LogP contribution in [-0.4, -0.2) is 32.7 Å². The lowest BCUT2D eigenvalue weighted by Gasteiger charge is -2.25. The Morgan fingerprint density at radius 2 is 2.14 bits per heavy atom. The summed E-state index contributed by atoms with van der Waals surface area (Å²) in [6, 6.07) is 11.4. The molecule has 4 rings (SSSR count). The number of carbonyl (C=O) groups excluding carboxylic acids is 1. The molecule has 1 N–H and O–H groups in total. The van der Waals surface area contributed by atoms with Crippen LogP contribution in [0.4, 0.5) is 0 Å². The van der Waals surface area contributed by atoms with E-state index >= 15 is 0 Å². The number of hydrogen-bond acceptors (Lipinski definition) is 4. The predicted molar refractivity (Wildman–Crippen MR) is 79.0 cm³/mol. The molecule has 0 fully saturated rings. The van der Waals surface area contributed by atoms with Gasteiger partial charge in [-0.1, -0.05) is 35.5 Å². The summed E-state index contributed by atoms with van der Waals surface area (Å²) in [6.07, 6.45) is 2.55. The molecule has 0 spiro atoms. The number of H-pyrrole nitrogens is 1. The first kappa shape index (κ1) is 12.8. The highest BCUT2D eigenvalue weighted by atomic mass is 16.5. The van der Waals surface area contributed by atoms with Crippen molar-refractivity contribution in [3.63, 3.8) is 0 Å². The molecule has 0 bridgehead atoms. The van der Waals surface area contributed by atoms with Gasteiger partial charge in [0.15, 0.2) is 0 Å². The van der Waals surface area contributed by atoms with Gasteiger partial charge in [0.1, 0.15) is 5.69 Å². The summed E-state index contributed by atoms with van der Waals surface area (Å²) in [4.78, 5) is 14.3. The zero-order valence-corrected chi connectivity index (χ0v) is 11.8. The highest BCUT2D eigenvalue weighted by molar-refractivity contribution is 5.92. The largest absolute Gasteiger partial charge is 0.350 e. The van der Waals surface area contributed by atoms with Gasteiger partial charge >= 0.3 is 0 Å². The highest BCUT2D eigenvalue weighted by Crippen LogP contribution is 2.22. The van der Waals surface area contributed by atoms with Crippen LogP contribution in [0.3, 0.4) is 0 Å². The number of aromatic amines is 1. The molecule has 22 heavy (non-hydrogen) atoms. The Labute approximate surface area is 126 Å². The molecule has 0 radical (unpaired) electrons. The minimum Gasteiger partial charge on any atom is -0.350 e. The van der Waals surface area contributed by atoms with Crippen LogP contribution in [0.25, 0.3) is 11.3 Å². The van der Waals surface area contributed by atoms with Crippen LogP contribution in [-0.2, 0) is 13.0 Å². The molecule has 0 saturated carbocycles. The normalized spacial score (nSPS) is 13.9. The molecule has 2 aromatic heterocycles. The Morgan fingerprint density at radius 1 is 1.27 bits per heavy atom. The van der Waals surface area contributed by atoms with Crippen molar-refractivity contribution in [2.75, 3.05) is 6.54 Å². The number of hydrogen-bond donors (Lipinski definition) is 1. The Hall–Kier alpha value is -2.89. The van der Waals surface area contributed by atoms with E-state index in [4.69, 9.17) is 4.52 Å². The van der Waals surface area contributed by atoms with Crippen LogP contribution in [0.1, 0.15) is 21.8 Å². The molecule has 1 aliphatic heterocycles. The first-order valence-electron chi connectivity index (χ1n) is 7.14. The van der Waals surface area contributed by atoms with Crippen molar-refractivity contribution < 1.29 is 9.32 Å². The second kappa shape index (κ2) is 5.14. The predicted octanol–water partition coefficient (Wildman–Crippen LogP) is 2.26. The molecular formula is C16H14N4O2. The molecule has 0 atom stereocenters. The fourth-order valence-corrected chi connectivity index (χ4v) is 2.67. The molecule has 1 aliphatic rings. The van der Waals surface area contributed by atoms with Crippen molar-refractivity contribution in [2.24, 2.45) is 0 Å². The average molecular weight is 294 g/mol. The molecule has 3 aromatic rings. The van der Waals surface area contributed by atoms with Crippen molar-refractivity contribution in [3.8, 4) is 11.3 Å². The molecule has 3 heterocycles. The van der Waals surface area contributed by atoms with Crippen LogP contribution >= 0.6 is 0 Å². The summed E-state index contributed by atoms with van der Waals surface area (Å²) in [5, 5.41) is 11.0. The van der Waals surface area contributed by atoms with Crippen molar-refractivity contribution in [1.29, 1.82) is 0 Å². The van der Waals surface area contributed by atoms with Crippen LogP contribution < -0.4 is 0 Å². The SMILES string of the molecule is O=C(c1cc(-c2ccccc2)no1)N1CCc2[nH]ncc2C1. The Balaban J connectivity index is 1.56. The second-order valence-electron chi connectivity index (χ2n) is 5.29. The van der Waals surface area contributed by atoms with Crippen LogP contribution in [0.2, 0.25) is 0 Å². The third-order valence-corrected chi connectivity index (χ3v) is 3.88. The van der Waals surface area contributed by atoms with Gasteiger partial charge in [-0.2, -0.15) is 5.10 Å². The lowest BCUT2D eigenvalue weighted by molar-refractivity contribution is 0.0692. The lowest BCUT2D eigenvalue weighted by Crippen LogP contribution is -2.35. The molecule has 6 heteroatoms. The maximum absolute atomic E-state index is 12.5. The number of benzene rings is 1. The minimum atomic E-state index is -0.137. The minimum absolute atomic E-state index is 0.137. The van der Waals surface area contributed by atoms with Crippen molar-refractivity contribution in [3.05, 3.63) is 59.6 Å². The van der Waals surface area contributed by atoms with Gasteiger partial charge in [-0.25, -0.2) is 0 Å². The molecule has 0 unspecified atom stereocenters. The van der Waals surface area contributed by atoms with E-state index < -0.39 is 0 Å². The van der Waals surface area contributed by atoms with E-state index in [9.17, 15) is 4.79 Å². The molecule has 110 valence electrons. The number of carbonyl (C=O) groups is 1. The van der Waals surface area contributed by atoms with Gasteiger partial charge in [-0.15, -0.1) is 0 Å². The maximum Gasteiger partial charge on any atom is 0.292 e. The summed E-state index contributed by atoms with van der Waals surface area (Å²) in [5.74, 6) is 0.132. The van der Waals surface area contributed by atoms with Crippen LogP contribution in [0.5, 0.6) is 0 Å². The second-order valence-corrected chi connectivity index (χ2v) is 5.29. The molecule has 1 amide bonds. The summed E-state index contributed by atoms with van der Waals surface area (Å²) >= 11 is 0. The number of rotatable bonds is 2. The summed E-state index contributed by atoms with van der Waals surface area (Å²) < 4.78 is 5.24. The number of fused-ring (bicyclic) bond motifs is 1. The molecule has 6 nitrogen and oxygen atoms in total. The van der Waals surface area contributed by atoms with Crippen molar-refractivity contribution >= 4 is 5.91 Å². The number of nitrogens with one attached hydrogen (secondary N) is 1. The smallest absolute Gasteiger partial charge is 0.292 e. The fraction of sp³-hybridized carbons (Fsp3) is 0.188. The van der Waals surface area contributed by atoms with E-state index in [-0.39, 0.29) is 11.7 Å². The summed E-state index contributed by atoms with van der Waals surface area (Å²) in [6.45, 7) is 1.20. The number of aromatic nitrogens is 3. The van der Waals surface area contributed by atoms with Crippen LogP contribution in [0, 0.1) is 0 Å². The number of amides is 1. The summed E-state index contributed by atoms with van der Waals surface area (Å²) in [5.41, 5.74) is 3.76. The standard InChI is InChI=1S/C16H14N4O2/c21-16(20-7-6-13-12(10-20)9-17-18-13)15-8-14(19-22-15)11-4-2-1-3-5-11/h1-5,8-9H,6-7,10H2,(H,17,18). The first-order valence-corrected chi connectivity index (χ1v) is 7.14. The molecular weight excluding hydrogens is 280 g/mol. The molecule has 0 aliphatic carbocycles. The van der Waals surface area contributed by atoms with Gasteiger partial charge in [0.25, 0.3) is 5.91 Å². The zero-order chi connectivity index (χ0) is 14.9. The highest BCUT2D eigenvalue weighted by Gasteiger charge is 2.25. The van der Waals surface area contributed by atoms with Crippen LogP contribution in [0.15, 0.2) is 47.1 Å². The van der Waals surface area contributed by atoms with E-state index in [0.29, 0.717) is 18.8 Å². The van der Waals surface area contributed by atoms with Crippen molar-refractivity contribution in [2.45, 2.75) is 13.0 Å². The molecule has 0 saturated heterocycles. The Morgan fingerprint density at radius 3 is 3.00 bits per heavy atom. The van der Waals surface area contributed by atoms with E-state index in [1.165, 1.54) is 0 Å². The zero-order valence-electron chi connectivity index (χ0n) is 11.8. The quantitative estimate of drug-likeness (QED) is 0.786. The number of nitrogens with zero attached hydrogens (tertiary/aromatic N) is 3. The fourth-order valence-electron chi connectivity index (χ4n) is 2.67. The maximum atomic E-state index is 12.5. The van der Waals surface area contributed by atoms with Gasteiger partial charge in [-0.05, 0) is 0 Å². The third-order valence-electron chi connectivity index (χ3n) is 3.88. The van der Waals surface area contributed by atoms with Crippen molar-refractivity contribution in [1.82, 2.24) is 20.3 Å². The Bertz CT molecular complexity index is 806. The topological polar surface area (TPSA) is 75.0 Å². The Kier molecular flexibility index (Phi) is 3.00. The molecule has 1 aromatic carbocycles. The van der Waals surface area contributed by atoms with Gasteiger partial charge in [-0.3, -0.25) is 9.89 Å².